The summed E-state index contributed by atoms with van der Waals surface area (Å²) >= 11 is 0. The minimum absolute atomic E-state index is 0.183. The Bertz CT molecular complexity index is 519. The smallest absolute Gasteiger partial charge is 0.251 e. The van der Waals surface area contributed by atoms with Gasteiger partial charge in [-0.2, -0.15) is 0 Å². The molecule has 8 nitrogen and oxygen atoms in total. The molecule has 1 saturated heterocycles. The lowest BCUT2D eigenvalue weighted by Crippen LogP contribution is -2.48. The molecule has 1 aliphatic rings. The van der Waals surface area contributed by atoms with Gasteiger partial charge in [-0.3, -0.25) is 14.5 Å². The number of methoxy groups -OCH3 is 1. The van der Waals surface area contributed by atoms with E-state index in [0.29, 0.717) is 18.7 Å². The van der Waals surface area contributed by atoms with Gasteiger partial charge in [0, 0.05) is 13.5 Å². The van der Waals surface area contributed by atoms with Gasteiger partial charge in [0.1, 0.15) is 12.4 Å². The van der Waals surface area contributed by atoms with Crippen LogP contribution in [-0.2, 0) is 9.59 Å². The highest BCUT2D eigenvalue weighted by Crippen LogP contribution is 2.28. The van der Waals surface area contributed by atoms with Crippen LogP contribution >= 0.6 is 0 Å². The standard InChI is InChI=1S/C11H15N5O3/c1-16-7(17)4-3-6(11(16)18)15-10-8(19-2)9(12)13-5-14-10/h5-6H,3-4H2,1-2H3,(H3,12,13,14,15). The predicted molar refractivity (Wildman–Crippen MR) is 67.4 cm³/mol. The summed E-state index contributed by atoms with van der Waals surface area (Å²) in [6, 6.07) is -0.522. The van der Waals surface area contributed by atoms with E-state index in [2.05, 4.69) is 15.3 Å². The van der Waals surface area contributed by atoms with Gasteiger partial charge in [-0.05, 0) is 6.42 Å². The Morgan fingerprint density at radius 3 is 2.89 bits per heavy atom. The number of piperidine rings is 1. The van der Waals surface area contributed by atoms with E-state index in [1.54, 1.807) is 0 Å². The third kappa shape index (κ3) is 2.42. The van der Waals surface area contributed by atoms with Crippen LogP contribution in [0.25, 0.3) is 0 Å². The SMILES string of the molecule is COc1c(N)ncnc1NC1CCC(=O)N(C)C1=O. The monoisotopic (exact) mass is 265 g/mol. The normalized spacial score (nSPS) is 19.5. The van der Waals surface area contributed by atoms with Gasteiger partial charge in [0.25, 0.3) is 5.91 Å². The number of ether oxygens (including phenoxy) is 1. The zero-order chi connectivity index (χ0) is 14.0. The van der Waals surface area contributed by atoms with E-state index in [1.807, 2.05) is 0 Å². The fourth-order valence-electron chi connectivity index (χ4n) is 1.91. The lowest BCUT2D eigenvalue weighted by molar-refractivity contribution is -0.146. The Hall–Kier alpha value is -2.38. The number of nitrogen functional groups attached to an aromatic ring is 1. The van der Waals surface area contributed by atoms with Crippen LogP contribution in [0.4, 0.5) is 11.6 Å². The molecule has 1 aromatic rings. The second kappa shape index (κ2) is 5.09. The fraction of sp³-hybridized carbons (Fsp3) is 0.455. The number of imide groups is 1. The Labute approximate surface area is 110 Å². The molecule has 0 aromatic carbocycles. The van der Waals surface area contributed by atoms with Gasteiger partial charge in [-0.1, -0.05) is 0 Å². The number of carbonyl (C=O) groups excluding carboxylic acids is 2. The number of likely N-dealkylation sites (N-methyl/N-ethyl adjacent to an activating group) is 1. The van der Waals surface area contributed by atoms with Crippen molar-refractivity contribution < 1.29 is 14.3 Å². The fourth-order valence-corrected chi connectivity index (χ4v) is 1.91. The van der Waals surface area contributed by atoms with E-state index in [-0.39, 0.29) is 23.4 Å². The Balaban J connectivity index is 2.20. The van der Waals surface area contributed by atoms with Crippen LogP contribution < -0.4 is 15.8 Å². The van der Waals surface area contributed by atoms with E-state index in [0.717, 1.165) is 4.90 Å². The van der Waals surface area contributed by atoms with Gasteiger partial charge in [-0.25, -0.2) is 9.97 Å². The third-order valence-corrected chi connectivity index (χ3v) is 3.00. The molecule has 1 fully saturated rings. The number of anilines is 2. The van der Waals surface area contributed by atoms with E-state index < -0.39 is 6.04 Å². The van der Waals surface area contributed by atoms with Crippen molar-refractivity contribution in [1.29, 1.82) is 0 Å². The summed E-state index contributed by atoms with van der Waals surface area (Å²) in [6.45, 7) is 0. The van der Waals surface area contributed by atoms with Crippen molar-refractivity contribution in [2.75, 3.05) is 25.2 Å². The average molecular weight is 265 g/mol. The van der Waals surface area contributed by atoms with Crippen LogP contribution in [0.15, 0.2) is 6.33 Å². The lowest BCUT2D eigenvalue weighted by atomic mass is 10.0. The summed E-state index contributed by atoms with van der Waals surface area (Å²) in [5, 5.41) is 2.94. The first-order valence-corrected chi connectivity index (χ1v) is 5.76. The number of hydrogen-bond acceptors (Lipinski definition) is 7. The second-order valence-corrected chi connectivity index (χ2v) is 4.17. The zero-order valence-corrected chi connectivity index (χ0v) is 10.7. The third-order valence-electron chi connectivity index (χ3n) is 3.00. The number of nitrogens with one attached hydrogen (secondary N) is 1. The van der Waals surface area contributed by atoms with Crippen LogP contribution in [0.3, 0.4) is 0 Å². The topological polar surface area (TPSA) is 110 Å². The minimum atomic E-state index is -0.522. The predicted octanol–water partition coefficient (Wildman–Crippen LogP) is -0.373. The van der Waals surface area contributed by atoms with Crippen LogP contribution in [0.2, 0.25) is 0 Å². The van der Waals surface area contributed by atoms with E-state index in [4.69, 9.17) is 10.5 Å². The van der Waals surface area contributed by atoms with Gasteiger partial charge < -0.3 is 15.8 Å². The number of carbonyl (C=O) groups is 2. The van der Waals surface area contributed by atoms with Gasteiger partial charge >= 0.3 is 0 Å². The highest BCUT2D eigenvalue weighted by atomic mass is 16.5. The van der Waals surface area contributed by atoms with Crippen molar-refractivity contribution in [2.45, 2.75) is 18.9 Å². The molecule has 1 atom stereocenters. The van der Waals surface area contributed by atoms with Crippen molar-refractivity contribution >= 4 is 23.5 Å². The van der Waals surface area contributed by atoms with Crippen molar-refractivity contribution in [3.8, 4) is 5.75 Å². The molecule has 102 valence electrons. The van der Waals surface area contributed by atoms with E-state index >= 15 is 0 Å². The summed E-state index contributed by atoms with van der Waals surface area (Å²) in [5.41, 5.74) is 5.66. The molecule has 0 aliphatic carbocycles. The molecule has 2 heterocycles. The molecule has 2 rings (SSSR count). The number of hydrogen-bond donors (Lipinski definition) is 2. The van der Waals surface area contributed by atoms with Crippen LogP contribution in [0.5, 0.6) is 5.75 Å². The molecule has 1 aliphatic heterocycles. The quantitative estimate of drug-likeness (QED) is 0.717. The summed E-state index contributed by atoms with van der Waals surface area (Å²) in [5.74, 6) is 0.339. The number of likely N-dealkylation sites (tertiary alicyclic amines) is 1. The van der Waals surface area contributed by atoms with Crippen molar-refractivity contribution in [3.05, 3.63) is 6.33 Å². The molecule has 0 bridgehead atoms. The highest BCUT2D eigenvalue weighted by molar-refractivity contribution is 6.01. The zero-order valence-electron chi connectivity index (χ0n) is 10.7. The molecule has 1 unspecified atom stereocenters. The van der Waals surface area contributed by atoms with Gasteiger partial charge in [-0.15, -0.1) is 0 Å². The molecule has 2 amide bonds. The van der Waals surface area contributed by atoms with E-state index in [1.165, 1.54) is 20.5 Å². The Morgan fingerprint density at radius 1 is 1.47 bits per heavy atom. The van der Waals surface area contributed by atoms with Crippen LogP contribution in [0.1, 0.15) is 12.8 Å². The Morgan fingerprint density at radius 2 is 2.21 bits per heavy atom. The first-order valence-electron chi connectivity index (χ1n) is 5.76. The highest BCUT2D eigenvalue weighted by Gasteiger charge is 2.32. The molecule has 19 heavy (non-hydrogen) atoms. The number of nitrogens with two attached hydrogens (primary N) is 1. The number of amides is 2. The summed E-state index contributed by atoms with van der Waals surface area (Å²) in [6.07, 6.45) is 2.00. The molecular formula is C11H15N5O3. The minimum Gasteiger partial charge on any atom is -0.490 e. The van der Waals surface area contributed by atoms with Crippen LogP contribution in [0, 0.1) is 0 Å². The van der Waals surface area contributed by atoms with Gasteiger partial charge in [0.2, 0.25) is 11.7 Å². The van der Waals surface area contributed by atoms with Gasteiger partial charge in [0.15, 0.2) is 11.6 Å². The molecule has 0 radical (unpaired) electrons. The summed E-state index contributed by atoms with van der Waals surface area (Å²) in [7, 11) is 2.91. The summed E-state index contributed by atoms with van der Waals surface area (Å²) < 4.78 is 5.10. The molecule has 3 N–H and O–H groups in total. The number of aromatic nitrogens is 2. The maximum atomic E-state index is 12.0. The van der Waals surface area contributed by atoms with Crippen molar-refractivity contribution in [3.63, 3.8) is 0 Å². The average Bonchev–Trinajstić information content (AvgIpc) is 2.40. The molecule has 0 saturated carbocycles. The first kappa shape index (κ1) is 13.1. The molecule has 1 aromatic heterocycles. The van der Waals surface area contributed by atoms with E-state index in [9.17, 15) is 9.59 Å². The van der Waals surface area contributed by atoms with Crippen molar-refractivity contribution in [2.24, 2.45) is 0 Å². The lowest BCUT2D eigenvalue weighted by Gasteiger charge is -2.28. The maximum absolute atomic E-state index is 12.0. The van der Waals surface area contributed by atoms with Crippen LogP contribution in [-0.4, -0.2) is 46.9 Å². The Kier molecular flexibility index (Phi) is 3.50. The van der Waals surface area contributed by atoms with Gasteiger partial charge in [0.05, 0.1) is 7.11 Å². The molecule has 8 heteroatoms. The van der Waals surface area contributed by atoms with Crippen molar-refractivity contribution in [1.82, 2.24) is 14.9 Å². The number of nitrogens with zero attached hydrogens (tertiary/aromatic N) is 3. The second-order valence-electron chi connectivity index (χ2n) is 4.17. The molecule has 0 spiro atoms. The summed E-state index contributed by atoms with van der Waals surface area (Å²) in [4.78, 5) is 32.2. The molecular weight excluding hydrogens is 250 g/mol. The largest absolute Gasteiger partial charge is 0.490 e. The first-order chi connectivity index (χ1) is 9.04. The number of rotatable bonds is 3. The maximum Gasteiger partial charge on any atom is 0.251 e.